The molecule has 0 bridgehead atoms. The highest BCUT2D eigenvalue weighted by Crippen LogP contribution is 2.29. The lowest BCUT2D eigenvalue weighted by atomic mass is 10.4. The fraction of sp³-hybridized carbons (Fsp3) is 0.250. The van der Waals surface area contributed by atoms with Crippen LogP contribution in [0.5, 0.6) is 0 Å². The fourth-order valence-corrected chi connectivity index (χ4v) is 1.55. The van der Waals surface area contributed by atoms with Crippen LogP contribution in [0.4, 0.5) is 13.2 Å². The lowest BCUT2D eigenvalue weighted by Gasteiger charge is -2.00. The van der Waals surface area contributed by atoms with Crippen molar-refractivity contribution in [1.82, 2.24) is 14.2 Å². The van der Waals surface area contributed by atoms with Gasteiger partial charge in [0, 0.05) is 17.1 Å². The smallest absolute Gasteiger partial charge is 0.217 e. The third-order valence-corrected chi connectivity index (χ3v) is 2.26. The van der Waals surface area contributed by atoms with Crippen molar-refractivity contribution in [2.45, 2.75) is 13.1 Å². The van der Waals surface area contributed by atoms with Crippen molar-refractivity contribution >= 4 is 11.5 Å². The maximum atomic E-state index is 12.3. The second-order valence-corrected chi connectivity index (χ2v) is 3.49. The third kappa shape index (κ3) is 1.87. The molecule has 7 heteroatoms. The van der Waals surface area contributed by atoms with E-state index in [4.69, 9.17) is 0 Å². The number of aryl methyl sites for hydroxylation is 1. The molecule has 0 saturated carbocycles. The van der Waals surface area contributed by atoms with E-state index in [1.807, 2.05) is 0 Å². The fourth-order valence-electron chi connectivity index (χ4n) is 1.11. The van der Waals surface area contributed by atoms with E-state index in [-0.39, 0.29) is 5.82 Å². The molecule has 0 aliphatic carbocycles. The van der Waals surface area contributed by atoms with Gasteiger partial charge >= 0.3 is 6.18 Å². The molecule has 2 heterocycles. The zero-order valence-corrected chi connectivity index (χ0v) is 8.35. The minimum absolute atomic E-state index is 0.285. The monoisotopic (exact) mass is 232 g/mol. The van der Waals surface area contributed by atoms with E-state index in [1.165, 1.54) is 6.92 Å². The Kier molecular flexibility index (Phi) is 2.26. The Balaban J connectivity index is 2.47. The molecule has 0 fully saturated rings. The van der Waals surface area contributed by atoms with Gasteiger partial charge in [-0.05, 0) is 24.5 Å². The Morgan fingerprint density at radius 2 is 2.20 bits per heavy atom. The van der Waals surface area contributed by atoms with Gasteiger partial charge in [0.15, 0.2) is 11.5 Å². The van der Waals surface area contributed by atoms with Crippen LogP contribution in [-0.2, 0) is 6.18 Å². The first-order valence-corrected chi connectivity index (χ1v) is 4.78. The Morgan fingerprint density at radius 1 is 1.47 bits per heavy atom. The largest absolute Gasteiger partial charge is 0.435 e. The summed E-state index contributed by atoms with van der Waals surface area (Å²) in [5.41, 5.74) is -0.536. The van der Waals surface area contributed by atoms with Crippen molar-refractivity contribution in [2.24, 2.45) is 0 Å². The van der Waals surface area contributed by atoms with Crippen LogP contribution < -0.4 is 0 Å². The maximum absolute atomic E-state index is 12.3. The number of alkyl halides is 3. The van der Waals surface area contributed by atoms with E-state index in [0.717, 1.165) is 22.3 Å². The first-order chi connectivity index (χ1) is 6.98. The van der Waals surface area contributed by atoms with Crippen LogP contribution in [0.2, 0.25) is 0 Å². The van der Waals surface area contributed by atoms with Crippen LogP contribution in [0, 0.1) is 13.0 Å². The molecule has 2 aromatic heterocycles. The highest BCUT2D eigenvalue weighted by molar-refractivity contribution is 7.03. The lowest BCUT2D eigenvalue weighted by Crippen LogP contribution is -2.07. The molecule has 79 valence electrons. The zero-order valence-electron chi connectivity index (χ0n) is 7.54. The van der Waals surface area contributed by atoms with Gasteiger partial charge in [0.1, 0.15) is 0 Å². The predicted octanol–water partition coefficient (Wildman–Crippen LogP) is 2.46. The number of hydrogen-bond acceptors (Lipinski definition) is 3. The van der Waals surface area contributed by atoms with E-state index >= 15 is 0 Å². The van der Waals surface area contributed by atoms with Gasteiger partial charge < -0.3 is 0 Å². The molecule has 1 radical (unpaired) electrons. The van der Waals surface area contributed by atoms with Crippen LogP contribution in [0.3, 0.4) is 0 Å². The molecule has 0 spiro atoms. The van der Waals surface area contributed by atoms with E-state index in [1.54, 1.807) is 5.38 Å². The van der Waals surface area contributed by atoms with Gasteiger partial charge in [0.05, 0.1) is 0 Å². The number of nitrogens with zero attached hydrogens (tertiary/aromatic N) is 3. The molecule has 0 saturated heterocycles. The first kappa shape index (κ1) is 10.2. The number of hydrogen-bond donors (Lipinski definition) is 0. The molecule has 0 N–H and O–H groups in total. The zero-order chi connectivity index (χ0) is 11.1. The van der Waals surface area contributed by atoms with Gasteiger partial charge in [-0.15, -0.1) is 0 Å². The summed E-state index contributed by atoms with van der Waals surface area (Å²) in [7, 11) is 0. The first-order valence-electron chi connectivity index (χ1n) is 3.95. The molecule has 0 aliphatic rings. The average Bonchev–Trinajstić information content (AvgIpc) is 2.69. The van der Waals surface area contributed by atoms with Crippen LogP contribution in [0.1, 0.15) is 11.4 Å². The quantitative estimate of drug-likeness (QED) is 0.756. The van der Waals surface area contributed by atoms with Gasteiger partial charge in [0.25, 0.3) is 0 Å². The Labute approximate surface area is 87.3 Å². The highest BCUT2D eigenvalue weighted by Gasteiger charge is 2.34. The summed E-state index contributed by atoms with van der Waals surface area (Å²) in [6, 6.07) is 3.68. The topological polar surface area (TPSA) is 30.7 Å². The van der Waals surface area contributed by atoms with Gasteiger partial charge in [-0.25, -0.2) is 4.68 Å². The molecule has 0 aromatic carbocycles. The number of halogens is 3. The molecule has 0 unspecified atom stereocenters. The Hall–Kier alpha value is -1.37. The molecule has 0 atom stereocenters. The lowest BCUT2D eigenvalue weighted by molar-refractivity contribution is -0.141. The molecule has 0 amide bonds. The maximum Gasteiger partial charge on any atom is 0.435 e. The van der Waals surface area contributed by atoms with E-state index in [0.29, 0.717) is 5.69 Å². The summed E-state index contributed by atoms with van der Waals surface area (Å²) in [5.74, 6) is 0.285. The van der Waals surface area contributed by atoms with Crippen molar-refractivity contribution in [3.63, 3.8) is 0 Å². The van der Waals surface area contributed by atoms with E-state index in [2.05, 4.69) is 15.5 Å². The predicted molar refractivity (Wildman–Crippen MR) is 47.8 cm³/mol. The average molecular weight is 232 g/mol. The molecular weight excluding hydrogens is 227 g/mol. The van der Waals surface area contributed by atoms with Crippen LogP contribution >= 0.6 is 11.5 Å². The Morgan fingerprint density at radius 3 is 2.67 bits per heavy atom. The summed E-state index contributed by atoms with van der Waals surface area (Å²) >= 11 is 1.11. The summed E-state index contributed by atoms with van der Waals surface area (Å²) in [5, 5.41) is 4.99. The summed E-state index contributed by atoms with van der Waals surface area (Å²) in [6.45, 7) is 1.54. The van der Waals surface area contributed by atoms with Crippen molar-refractivity contribution in [1.29, 1.82) is 0 Å². The number of aromatic nitrogens is 3. The number of rotatable bonds is 1. The standard InChI is InChI=1S/C8H5F3N3S/c1-5-4-6(8(9,10)11)12-14(5)7-2-3-15-13-7/h3-4H,1H3. The van der Waals surface area contributed by atoms with E-state index in [9.17, 15) is 13.2 Å². The molecule has 15 heavy (non-hydrogen) atoms. The Bertz CT molecular complexity index is 458. The van der Waals surface area contributed by atoms with Gasteiger partial charge in [0.2, 0.25) is 0 Å². The van der Waals surface area contributed by atoms with E-state index < -0.39 is 11.9 Å². The highest BCUT2D eigenvalue weighted by atomic mass is 32.1. The minimum Gasteiger partial charge on any atom is -0.217 e. The van der Waals surface area contributed by atoms with Crippen LogP contribution in [0.25, 0.3) is 5.82 Å². The SMILES string of the molecule is Cc1cc(C(F)(F)F)nn1-c1[c]csn1. The molecule has 2 rings (SSSR count). The normalized spacial score (nSPS) is 12.0. The summed E-state index contributed by atoms with van der Waals surface area (Å²) < 4.78 is 41.9. The molecule has 0 aliphatic heterocycles. The summed E-state index contributed by atoms with van der Waals surface area (Å²) in [4.78, 5) is 0. The van der Waals surface area contributed by atoms with Gasteiger partial charge in [-0.1, -0.05) is 0 Å². The van der Waals surface area contributed by atoms with Crippen molar-refractivity contribution < 1.29 is 13.2 Å². The molecular formula is C8H5F3N3S. The van der Waals surface area contributed by atoms with Crippen LogP contribution in [0.15, 0.2) is 11.4 Å². The minimum atomic E-state index is -4.42. The second kappa shape index (κ2) is 3.34. The second-order valence-electron chi connectivity index (χ2n) is 2.86. The molecule has 3 nitrogen and oxygen atoms in total. The van der Waals surface area contributed by atoms with Gasteiger partial charge in [-0.3, -0.25) is 0 Å². The van der Waals surface area contributed by atoms with Crippen molar-refractivity contribution in [3.8, 4) is 5.82 Å². The summed E-state index contributed by atoms with van der Waals surface area (Å²) in [6.07, 6.45) is -4.42. The molecule has 2 aromatic rings. The van der Waals surface area contributed by atoms with Crippen molar-refractivity contribution in [3.05, 3.63) is 28.9 Å². The third-order valence-electron chi connectivity index (χ3n) is 1.76. The van der Waals surface area contributed by atoms with Gasteiger partial charge in [-0.2, -0.15) is 22.6 Å². The van der Waals surface area contributed by atoms with Crippen molar-refractivity contribution in [2.75, 3.05) is 0 Å². The van der Waals surface area contributed by atoms with Crippen LogP contribution in [-0.4, -0.2) is 14.2 Å².